The van der Waals surface area contributed by atoms with Crippen LogP contribution in [0.2, 0.25) is 0 Å². The van der Waals surface area contributed by atoms with Gasteiger partial charge in [-0.05, 0) is 13.8 Å². The van der Waals surface area contributed by atoms with Crippen LogP contribution >= 0.6 is 12.2 Å². The first-order valence-electron chi connectivity index (χ1n) is 2.68. The van der Waals surface area contributed by atoms with Crippen molar-refractivity contribution in [2.45, 2.75) is 13.8 Å². The van der Waals surface area contributed by atoms with Gasteiger partial charge in [-0.3, -0.25) is 0 Å². The molecule has 0 N–H and O–H groups in total. The zero-order valence-corrected chi connectivity index (χ0v) is 9.50. The van der Waals surface area contributed by atoms with E-state index >= 15 is 0 Å². The summed E-state index contributed by atoms with van der Waals surface area (Å²) in [6.45, 7) is 5.95. The predicted molar refractivity (Wildman–Crippen MR) is 42.9 cm³/mol. The number of halogens is 1. The van der Waals surface area contributed by atoms with Gasteiger partial charge in [-0.2, -0.15) is 0 Å². The van der Waals surface area contributed by atoms with Crippen molar-refractivity contribution in [3.05, 3.63) is 0 Å². The summed E-state index contributed by atoms with van der Waals surface area (Å²) in [6, 6.07) is 0. The maximum atomic E-state index is 4.76. The van der Waals surface area contributed by atoms with Crippen LogP contribution in [0.3, 0.4) is 0 Å². The molecular formula is C5H10ClMnNS2. The van der Waals surface area contributed by atoms with Crippen LogP contribution in [0.15, 0.2) is 0 Å². The molecule has 0 aromatic rings. The van der Waals surface area contributed by atoms with Crippen LogP contribution in [0.1, 0.15) is 13.8 Å². The second-order valence-corrected chi connectivity index (χ2v) is 2.47. The van der Waals surface area contributed by atoms with Gasteiger partial charge in [0, 0.05) is 13.1 Å². The van der Waals surface area contributed by atoms with E-state index < -0.39 is 0 Å². The first kappa shape index (κ1) is 17.1. The number of hydrogen-bond donors (Lipinski definition) is 0. The topological polar surface area (TPSA) is 3.24 Å². The Morgan fingerprint density at radius 3 is 1.70 bits per heavy atom. The van der Waals surface area contributed by atoms with Crippen molar-refractivity contribution in [2.24, 2.45) is 0 Å². The zero-order chi connectivity index (χ0) is 6.57. The minimum atomic E-state index is 0. The molecule has 10 heavy (non-hydrogen) atoms. The molecule has 0 aromatic heterocycles. The van der Waals surface area contributed by atoms with E-state index in [1.807, 2.05) is 18.7 Å². The van der Waals surface area contributed by atoms with E-state index in [2.05, 4.69) is 0 Å². The normalized spacial score (nSPS) is 7.00. The summed E-state index contributed by atoms with van der Waals surface area (Å²) in [5.74, 6) is 0. The van der Waals surface area contributed by atoms with Crippen LogP contribution in [-0.2, 0) is 29.7 Å². The van der Waals surface area contributed by atoms with E-state index in [1.54, 1.807) is 0 Å². The fraction of sp³-hybridized carbons (Fsp3) is 0.800. The summed E-state index contributed by atoms with van der Waals surface area (Å²) < 4.78 is 0.579. The van der Waals surface area contributed by atoms with Gasteiger partial charge in [-0.1, -0.05) is 4.32 Å². The van der Waals surface area contributed by atoms with Gasteiger partial charge in [0.25, 0.3) is 0 Å². The van der Waals surface area contributed by atoms with Gasteiger partial charge in [0.1, 0.15) is 0 Å². The molecule has 5 heteroatoms. The van der Waals surface area contributed by atoms with Crippen molar-refractivity contribution in [3.8, 4) is 0 Å². The first-order chi connectivity index (χ1) is 3.72. The maximum absolute atomic E-state index is 4.76. The molecule has 0 bridgehead atoms. The Morgan fingerprint density at radius 1 is 1.40 bits per heavy atom. The fourth-order valence-electron chi connectivity index (χ4n) is 0.482. The minimum absolute atomic E-state index is 0. The Bertz CT molecular complexity index is 87.7. The Labute approximate surface area is 90.2 Å². The third-order valence-electron chi connectivity index (χ3n) is 1.02. The van der Waals surface area contributed by atoms with Crippen LogP contribution < -0.4 is 12.4 Å². The monoisotopic (exact) mass is 238 g/mol. The first-order valence-corrected chi connectivity index (χ1v) is 3.50. The summed E-state index contributed by atoms with van der Waals surface area (Å²) in [5, 5.41) is 0. The van der Waals surface area contributed by atoms with Gasteiger partial charge in [0.05, 0.1) is 0 Å². The largest absolute Gasteiger partial charge is 2.00 e. The van der Waals surface area contributed by atoms with Crippen LogP contribution in [0.5, 0.6) is 0 Å². The van der Waals surface area contributed by atoms with Gasteiger partial charge in [0.15, 0.2) is 0 Å². The predicted octanol–water partition coefficient (Wildman–Crippen LogP) is -1.84. The average Bonchev–Trinajstić information content (AvgIpc) is 1.69. The molecular weight excluding hydrogens is 229 g/mol. The van der Waals surface area contributed by atoms with Crippen LogP contribution in [0.4, 0.5) is 0 Å². The second kappa shape index (κ2) is 9.92. The van der Waals surface area contributed by atoms with Gasteiger partial charge in [-0.25, -0.2) is 0 Å². The van der Waals surface area contributed by atoms with Crippen molar-refractivity contribution in [2.75, 3.05) is 13.1 Å². The molecule has 0 rings (SSSR count). The van der Waals surface area contributed by atoms with Crippen molar-refractivity contribution in [3.63, 3.8) is 0 Å². The van der Waals surface area contributed by atoms with E-state index in [0.717, 1.165) is 13.1 Å². The number of thiocarbonyl (C=S) groups is 1. The Morgan fingerprint density at radius 2 is 1.70 bits per heavy atom. The van der Waals surface area contributed by atoms with E-state index in [0.29, 0.717) is 4.32 Å². The van der Waals surface area contributed by atoms with Crippen LogP contribution in [0.25, 0.3) is 0 Å². The molecule has 61 valence electrons. The summed E-state index contributed by atoms with van der Waals surface area (Å²) in [5.41, 5.74) is 0. The molecule has 1 radical (unpaired) electrons. The SMILES string of the molecule is CCN(CC)C(=S)[S-].[Cl-].[Mn+2]. The number of hydrogen-bond acceptors (Lipinski definition) is 2. The molecule has 0 aliphatic heterocycles. The van der Waals surface area contributed by atoms with E-state index in [4.69, 9.17) is 24.8 Å². The van der Waals surface area contributed by atoms with Crippen LogP contribution in [0, 0.1) is 0 Å². The maximum Gasteiger partial charge on any atom is 2.00 e. The molecule has 0 saturated carbocycles. The molecule has 1 nitrogen and oxygen atoms in total. The standard InChI is InChI=1S/C5H11NS2.ClH.Mn/c1-3-6(4-2)5(7)8;;/h3-4H2,1-2H3,(H,7,8);1H;/q;;+2/p-2. The second-order valence-electron chi connectivity index (χ2n) is 1.44. The minimum Gasteiger partial charge on any atom is -1.00 e. The van der Waals surface area contributed by atoms with E-state index in [1.165, 1.54) is 0 Å². The Kier molecular flexibility index (Phi) is 17.0. The molecule has 0 spiro atoms. The van der Waals surface area contributed by atoms with E-state index in [9.17, 15) is 0 Å². The molecule has 0 unspecified atom stereocenters. The summed E-state index contributed by atoms with van der Waals surface area (Å²) in [7, 11) is 0. The summed E-state index contributed by atoms with van der Waals surface area (Å²) in [4.78, 5) is 1.96. The van der Waals surface area contributed by atoms with Gasteiger partial charge in [-0.15, -0.1) is 0 Å². The fourth-order valence-corrected chi connectivity index (χ4v) is 0.998. The van der Waals surface area contributed by atoms with Crippen molar-refractivity contribution >= 4 is 29.2 Å². The molecule has 0 aliphatic carbocycles. The van der Waals surface area contributed by atoms with Crippen molar-refractivity contribution < 1.29 is 29.5 Å². The average molecular weight is 239 g/mol. The number of nitrogens with zero attached hydrogens (tertiary/aromatic N) is 1. The Hall–Kier alpha value is 0.919. The molecule has 0 atom stereocenters. The van der Waals surface area contributed by atoms with E-state index in [-0.39, 0.29) is 29.5 Å². The smallest absolute Gasteiger partial charge is 1.00 e. The van der Waals surface area contributed by atoms with Gasteiger partial charge >= 0.3 is 17.1 Å². The van der Waals surface area contributed by atoms with Crippen molar-refractivity contribution in [1.82, 2.24) is 4.90 Å². The third kappa shape index (κ3) is 7.03. The number of rotatable bonds is 2. The molecule has 0 aromatic carbocycles. The molecule has 0 aliphatic rings. The molecule has 0 heterocycles. The summed E-state index contributed by atoms with van der Waals surface area (Å²) in [6.07, 6.45) is 0. The Balaban J connectivity index is -0.000000245. The summed E-state index contributed by atoms with van der Waals surface area (Å²) >= 11 is 9.51. The van der Waals surface area contributed by atoms with Gasteiger partial charge in [0.2, 0.25) is 0 Å². The molecule has 0 fully saturated rings. The molecule has 0 amide bonds. The zero-order valence-electron chi connectivity index (χ0n) is 5.93. The van der Waals surface area contributed by atoms with Gasteiger partial charge < -0.3 is 42.2 Å². The van der Waals surface area contributed by atoms with Crippen molar-refractivity contribution in [1.29, 1.82) is 0 Å². The third-order valence-corrected chi connectivity index (χ3v) is 1.54. The quantitative estimate of drug-likeness (QED) is 0.316. The van der Waals surface area contributed by atoms with Crippen LogP contribution in [-0.4, -0.2) is 22.3 Å². The molecule has 0 saturated heterocycles.